The molecule has 1 N–H and O–H groups in total. The van der Waals surface area contributed by atoms with Gasteiger partial charge in [0, 0.05) is 17.4 Å². The Bertz CT molecular complexity index is 786. The lowest BCUT2D eigenvalue weighted by molar-refractivity contribution is -0.144. The number of benzene rings is 1. The number of amides is 1. The lowest BCUT2D eigenvalue weighted by atomic mass is 10.2. The van der Waals surface area contributed by atoms with Gasteiger partial charge in [-0.05, 0) is 26.0 Å². The van der Waals surface area contributed by atoms with Crippen molar-refractivity contribution < 1.29 is 28.3 Å². The highest BCUT2D eigenvalue weighted by atomic mass is 32.2. The van der Waals surface area contributed by atoms with E-state index in [1.807, 2.05) is 13.8 Å². The number of aryl methyl sites for hydroxylation is 2. The highest BCUT2D eigenvalue weighted by Gasteiger charge is 2.13. The zero-order chi connectivity index (χ0) is 19.8. The molecule has 27 heavy (non-hydrogen) atoms. The van der Waals surface area contributed by atoms with Gasteiger partial charge in [0.1, 0.15) is 17.3 Å². The number of ether oxygens (including phenoxy) is 3. The number of hydrogen-bond acceptors (Lipinski definition) is 8. The van der Waals surface area contributed by atoms with Gasteiger partial charge in [0.15, 0.2) is 6.61 Å². The van der Waals surface area contributed by atoms with Crippen LogP contribution in [-0.4, -0.2) is 43.6 Å². The van der Waals surface area contributed by atoms with Crippen LogP contribution in [0.1, 0.15) is 17.0 Å². The molecule has 9 heteroatoms. The van der Waals surface area contributed by atoms with Crippen molar-refractivity contribution in [3.63, 3.8) is 0 Å². The fourth-order valence-electron chi connectivity index (χ4n) is 2.23. The van der Waals surface area contributed by atoms with Crippen molar-refractivity contribution >= 4 is 29.3 Å². The molecule has 146 valence electrons. The first-order valence-corrected chi connectivity index (χ1v) is 9.27. The minimum atomic E-state index is -0.473. The Labute approximate surface area is 161 Å². The molecule has 0 fully saturated rings. The highest BCUT2D eigenvalue weighted by Crippen LogP contribution is 2.28. The number of methoxy groups -OCH3 is 2. The lowest BCUT2D eigenvalue weighted by Crippen LogP contribution is -2.22. The van der Waals surface area contributed by atoms with E-state index in [0.29, 0.717) is 22.9 Å². The summed E-state index contributed by atoms with van der Waals surface area (Å²) in [6.07, 6.45) is 0. The van der Waals surface area contributed by atoms with E-state index in [1.54, 1.807) is 18.2 Å². The molecular weight excluding hydrogens is 372 g/mol. The third-order valence-corrected chi connectivity index (χ3v) is 4.63. The van der Waals surface area contributed by atoms with E-state index in [1.165, 1.54) is 26.0 Å². The summed E-state index contributed by atoms with van der Waals surface area (Å²) < 4.78 is 20.4. The molecule has 0 saturated carbocycles. The summed E-state index contributed by atoms with van der Waals surface area (Å²) >= 11 is 1.37. The molecule has 1 aromatic heterocycles. The van der Waals surface area contributed by atoms with Gasteiger partial charge in [-0.15, -0.1) is 11.8 Å². The van der Waals surface area contributed by atoms with Gasteiger partial charge >= 0.3 is 5.97 Å². The molecule has 1 heterocycles. The van der Waals surface area contributed by atoms with Gasteiger partial charge < -0.3 is 24.1 Å². The minimum absolute atomic E-state index is 0.125. The molecule has 0 atom stereocenters. The predicted molar refractivity (Wildman–Crippen MR) is 101 cm³/mol. The van der Waals surface area contributed by atoms with Gasteiger partial charge in [0.2, 0.25) is 0 Å². The van der Waals surface area contributed by atoms with E-state index in [9.17, 15) is 9.59 Å². The molecule has 0 saturated heterocycles. The lowest BCUT2D eigenvalue weighted by Gasteiger charge is -2.12. The quantitative estimate of drug-likeness (QED) is 0.648. The maximum absolute atomic E-state index is 12.0. The second-order valence-corrected chi connectivity index (χ2v) is 6.56. The van der Waals surface area contributed by atoms with Crippen LogP contribution in [0.4, 0.5) is 5.69 Å². The molecule has 0 aliphatic carbocycles. The van der Waals surface area contributed by atoms with Crippen LogP contribution in [0.3, 0.4) is 0 Å². The third-order valence-electron chi connectivity index (χ3n) is 3.69. The molecule has 0 radical (unpaired) electrons. The molecule has 1 amide bonds. The monoisotopic (exact) mass is 394 g/mol. The maximum Gasteiger partial charge on any atom is 0.316 e. The number of esters is 1. The third kappa shape index (κ3) is 5.92. The van der Waals surface area contributed by atoms with Crippen molar-refractivity contribution in [1.82, 2.24) is 5.16 Å². The number of carbonyl (C=O) groups excluding carboxylic acids is 2. The Kier molecular flexibility index (Phi) is 7.54. The van der Waals surface area contributed by atoms with Crippen molar-refractivity contribution in [3.05, 3.63) is 35.2 Å². The number of hydrogen-bond donors (Lipinski definition) is 1. The SMILES string of the molecule is COc1ccc(OC)c(NC(=O)COC(=O)CSCc2c(C)noc2C)c1. The average molecular weight is 394 g/mol. The molecule has 1 aromatic carbocycles. The molecule has 2 aromatic rings. The fourth-order valence-corrected chi connectivity index (χ4v) is 3.20. The smallest absolute Gasteiger partial charge is 0.316 e. The van der Waals surface area contributed by atoms with Gasteiger partial charge in [-0.25, -0.2) is 0 Å². The van der Waals surface area contributed by atoms with Crippen LogP contribution in [-0.2, 0) is 20.1 Å². The molecule has 2 rings (SSSR count). The van der Waals surface area contributed by atoms with E-state index in [0.717, 1.165) is 17.0 Å². The summed E-state index contributed by atoms with van der Waals surface area (Å²) in [7, 11) is 3.02. The zero-order valence-electron chi connectivity index (χ0n) is 15.7. The summed E-state index contributed by atoms with van der Waals surface area (Å²) in [6, 6.07) is 5.01. The van der Waals surface area contributed by atoms with E-state index in [-0.39, 0.29) is 12.4 Å². The van der Waals surface area contributed by atoms with Gasteiger partial charge in [0.25, 0.3) is 5.91 Å². The molecule has 0 aliphatic heterocycles. The molecule has 0 aliphatic rings. The Morgan fingerprint density at radius 2 is 2.00 bits per heavy atom. The number of rotatable bonds is 9. The van der Waals surface area contributed by atoms with Crippen molar-refractivity contribution in [2.75, 3.05) is 31.9 Å². The summed E-state index contributed by atoms with van der Waals surface area (Å²) in [4.78, 5) is 23.8. The van der Waals surface area contributed by atoms with Crippen LogP contribution >= 0.6 is 11.8 Å². The number of nitrogens with one attached hydrogen (secondary N) is 1. The van der Waals surface area contributed by atoms with Crippen LogP contribution < -0.4 is 14.8 Å². The summed E-state index contributed by atoms with van der Waals surface area (Å²) in [5, 5.41) is 6.50. The van der Waals surface area contributed by atoms with Crippen LogP contribution in [0, 0.1) is 13.8 Å². The van der Waals surface area contributed by atoms with Crippen molar-refractivity contribution in [2.45, 2.75) is 19.6 Å². The van der Waals surface area contributed by atoms with E-state index < -0.39 is 11.9 Å². The molecule has 0 bridgehead atoms. The van der Waals surface area contributed by atoms with Crippen LogP contribution in [0.2, 0.25) is 0 Å². The number of carbonyl (C=O) groups is 2. The maximum atomic E-state index is 12.0. The normalized spacial score (nSPS) is 10.4. The van der Waals surface area contributed by atoms with Crippen molar-refractivity contribution in [1.29, 1.82) is 0 Å². The Morgan fingerprint density at radius 3 is 2.63 bits per heavy atom. The topological polar surface area (TPSA) is 99.9 Å². The van der Waals surface area contributed by atoms with Crippen molar-refractivity contribution in [3.8, 4) is 11.5 Å². The van der Waals surface area contributed by atoms with E-state index in [2.05, 4.69) is 10.5 Å². The molecule has 8 nitrogen and oxygen atoms in total. The predicted octanol–water partition coefficient (Wildman–Crippen LogP) is 2.72. The fraction of sp³-hybridized carbons (Fsp3) is 0.389. The van der Waals surface area contributed by atoms with Gasteiger partial charge in [-0.1, -0.05) is 5.16 Å². The van der Waals surface area contributed by atoms with Gasteiger partial charge in [-0.3, -0.25) is 9.59 Å². The highest BCUT2D eigenvalue weighted by molar-refractivity contribution is 7.99. The van der Waals surface area contributed by atoms with Gasteiger partial charge in [-0.2, -0.15) is 0 Å². The molecule has 0 unspecified atom stereocenters. The number of aromatic nitrogens is 1. The summed E-state index contributed by atoms with van der Waals surface area (Å²) in [6.45, 7) is 3.29. The standard InChI is InChI=1S/C18H22N2O6S/c1-11-14(12(2)26-20-11)9-27-10-18(22)25-8-17(21)19-15-7-13(23-3)5-6-16(15)24-4/h5-7H,8-10H2,1-4H3,(H,19,21). The largest absolute Gasteiger partial charge is 0.497 e. The van der Waals surface area contributed by atoms with Gasteiger partial charge in [0.05, 0.1) is 31.4 Å². The Balaban J connectivity index is 1.77. The number of nitrogens with zero attached hydrogens (tertiary/aromatic N) is 1. The number of thioether (sulfide) groups is 1. The Hall–Kier alpha value is -2.68. The van der Waals surface area contributed by atoms with Crippen LogP contribution in [0.25, 0.3) is 0 Å². The first kappa shape index (κ1) is 20.6. The van der Waals surface area contributed by atoms with Crippen molar-refractivity contribution in [2.24, 2.45) is 0 Å². The minimum Gasteiger partial charge on any atom is -0.497 e. The summed E-state index contributed by atoms with van der Waals surface area (Å²) in [5.74, 6) is 1.55. The second kappa shape index (κ2) is 9.86. The van der Waals surface area contributed by atoms with E-state index in [4.69, 9.17) is 18.7 Å². The number of anilines is 1. The van der Waals surface area contributed by atoms with E-state index >= 15 is 0 Å². The zero-order valence-corrected chi connectivity index (χ0v) is 16.5. The molecule has 0 spiro atoms. The summed E-state index contributed by atoms with van der Waals surface area (Å²) in [5.41, 5.74) is 2.21. The first-order valence-electron chi connectivity index (χ1n) is 8.11. The first-order chi connectivity index (χ1) is 12.9. The average Bonchev–Trinajstić information content (AvgIpc) is 2.98. The Morgan fingerprint density at radius 1 is 1.22 bits per heavy atom. The van der Waals surface area contributed by atoms with Crippen LogP contribution in [0.15, 0.2) is 22.7 Å². The van der Waals surface area contributed by atoms with Crippen LogP contribution in [0.5, 0.6) is 11.5 Å². The molecular formula is C18H22N2O6S. The second-order valence-electron chi connectivity index (χ2n) is 5.57.